The summed E-state index contributed by atoms with van der Waals surface area (Å²) < 4.78 is 10.2. The van der Waals surface area contributed by atoms with Crippen LogP contribution < -0.4 is 15.8 Å². The molecule has 0 aromatic heterocycles. The van der Waals surface area contributed by atoms with Crippen molar-refractivity contribution in [1.29, 1.82) is 0 Å². The minimum absolute atomic E-state index is 0.0614. The van der Waals surface area contributed by atoms with E-state index in [1.165, 1.54) is 0 Å². The Labute approximate surface area is 114 Å². The van der Waals surface area contributed by atoms with Crippen molar-refractivity contribution < 1.29 is 14.3 Å². The third kappa shape index (κ3) is 4.89. The smallest absolute Gasteiger partial charge is 0.223 e. The summed E-state index contributed by atoms with van der Waals surface area (Å²) in [5, 5.41) is 2.92. The lowest BCUT2D eigenvalue weighted by molar-refractivity contribution is -0.124. The molecule has 106 valence electrons. The van der Waals surface area contributed by atoms with E-state index in [0.29, 0.717) is 6.54 Å². The lowest BCUT2D eigenvalue weighted by atomic mass is 10.1. The Morgan fingerprint density at radius 2 is 1.95 bits per heavy atom. The van der Waals surface area contributed by atoms with Gasteiger partial charge in [0.05, 0.1) is 25.7 Å². The number of carbonyl (C=O) groups excluding carboxylic acids is 1. The number of methoxy groups -OCH3 is 2. The van der Waals surface area contributed by atoms with Crippen LogP contribution in [0.4, 0.5) is 0 Å². The molecule has 0 heterocycles. The first-order valence-corrected chi connectivity index (χ1v) is 6.26. The quantitative estimate of drug-likeness (QED) is 0.778. The topological polar surface area (TPSA) is 73.6 Å². The Morgan fingerprint density at radius 1 is 1.32 bits per heavy atom. The van der Waals surface area contributed by atoms with Crippen LogP contribution in [0.5, 0.6) is 5.75 Å². The highest BCUT2D eigenvalue weighted by Crippen LogP contribution is 2.17. The van der Waals surface area contributed by atoms with Crippen molar-refractivity contribution in [2.45, 2.75) is 25.5 Å². The van der Waals surface area contributed by atoms with E-state index in [1.54, 1.807) is 14.2 Å². The van der Waals surface area contributed by atoms with Crippen molar-refractivity contribution in [2.24, 2.45) is 5.73 Å². The first-order chi connectivity index (χ1) is 9.10. The first-order valence-electron chi connectivity index (χ1n) is 6.26. The highest BCUT2D eigenvalue weighted by atomic mass is 16.5. The number of nitrogens with two attached hydrogens (primary N) is 1. The van der Waals surface area contributed by atoms with Crippen LogP contribution in [0.2, 0.25) is 0 Å². The minimum Gasteiger partial charge on any atom is -0.497 e. The molecule has 0 aliphatic carbocycles. The standard InChI is InChI=1S/C14H22N2O3/c1-10(11-4-6-12(18-2)7-5-11)16-14(17)8-13(9-15)19-3/h4-7,10,13H,8-9,15H2,1-3H3,(H,16,17)/t10-,13?/m1/s1. The first kappa shape index (κ1) is 15.5. The molecule has 0 aliphatic rings. The van der Waals surface area contributed by atoms with E-state index < -0.39 is 0 Å². The van der Waals surface area contributed by atoms with Gasteiger partial charge in [-0.15, -0.1) is 0 Å². The zero-order valence-electron chi connectivity index (χ0n) is 11.7. The SMILES string of the molecule is COc1ccc([C@@H](C)NC(=O)CC(CN)OC)cc1. The molecule has 1 aromatic carbocycles. The van der Waals surface area contributed by atoms with E-state index in [1.807, 2.05) is 31.2 Å². The van der Waals surface area contributed by atoms with Crippen LogP contribution in [0.25, 0.3) is 0 Å². The molecular formula is C14H22N2O3. The number of ether oxygens (including phenoxy) is 2. The summed E-state index contributed by atoms with van der Waals surface area (Å²) in [6, 6.07) is 7.54. The number of hydrogen-bond acceptors (Lipinski definition) is 4. The fourth-order valence-electron chi connectivity index (χ4n) is 1.75. The van der Waals surface area contributed by atoms with E-state index in [2.05, 4.69) is 5.32 Å². The highest BCUT2D eigenvalue weighted by molar-refractivity contribution is 5.77. The third-order valence-corrected chi connectivity index (χ3v) is 3.00. The highest BCUT2D eigenvalue weighted by Gasteiger charge is 2.14. The average molecular weight is 266 g/mol. The molecule has 1 amide bonds. The number of carbonyl (C=O) groups is 1. The molecule has 0 fully saturated rings. The summed E-state index contributed by atoms with van der Waals surface area (Å²) in [7, 11) is 3.18. The Hall–Kier alpha value is -1.59. The van der Waals surface area contributed by atoms with Crippen LogP contribution in [-0.2, 0) is 9.53 Å². The average Bonchev–Trinajstić information content (AvgIpc) is 2.44. The van der Waals surface area contributed by atoms with Gasteiger partial charge in [0.25, 0.3) is 0 Å². The summed E-state index contributed by atoms with van der Waals surface area (Å²) in [6.07, 6.45) is 0.0381. The molecule has 0 saturated carbocycles. The molecule has 5 heteroatoms. The van der Waals surface area contributed by atoms with Gasteiger partial charge in [0.1, 0.15) is 5.75 Å². The Kier molecular flexibility index (Phi) is 6.32. The summed E-state index contributed by atoms with van der Waals surface area (Å²) >= 11 is 0. The van der Waals surface area contributed by atoms with Crippen LogP contribution >= 0.6 is 0 Å². The van der Waals surface area contributed by atoms with Crippen LogP contribution in [0.1, 0.15) is 24.9 Å². The number of benzene rings is 1. The van der Waals surface area contributed by atoms with Crippen molar-refractivity contribution in [3.8, 4) is 5.75 Å². The van der Waals surface area contributed by atoms with Gasteiger partial charge in [-0.3, -0.25) is 4.79 Å². The largest absolute Gasteiger partial charge is 0.497 e. The van der Waals surface area contributed by atoms with Gasteiger partial charge in [-0.25, -0.2) is 0 Å². The number of rotatable bonds is 7. The zero-order valence-corrected chi connectivity index (χ0v) is 11.7. The fraction of sp³-hybridized carbons (Fsp3) is 0.500. The molecule has 5 nitrogen and oxygen atoms in total. The molecule has 19 heavy (non-hydrogen) atoms. The molecule has 1 aromatic rings. The molecule has 0 aliphatic heterocycles. The van der Waals surface area contributed by atoms with Gasteiger partial charge < -0.3 is 20.5 Å². The van der Waals surface area contributed by atoms with Gasteiger partial charge in [-0.2, -0.15) is 0 Å². The van der Waals surface area contributed by atoms with Gasteiger partial charge >= 0.3 is 0 Å². The maximum absolute atomic E-state index is 11.8. The van der Waals surface area contributed by atoms with Crippen molar-refractivity contribution in [3.05, 3.63) is 29.8 Å². The summed E-state index contributed by atoms with van der Waals surface area (Å²) in [5.41, 5.74) is 6.51. The van der Waals surface area contributed by atoms with Gasteiger partial charge in [0.2, 0.25) is 5.91 Å². The Morgan fingerprint density at radius 3 is 2.42 bits per heavy atom. The van der Waals surface area contributed by atoms with Gasteiger partial charge in [0.15, 0.2) is 0 Å². The van der Waals surface area contributed by atoms with Gasteiger partial charge in [0, 0.05) is 13.7 Å². The van der Waals surface area contributed by atoms with E-state index >= 15 is 0 Å². The van der Waals surface area contributed by atoms with Crippen LogP contribution in [0, 0.1) is 0 Å². The van der Waals surface area contributed by atoms with Crippen molar-refractivity contribution in [2.75, 3.05) is 20.8 Å². The number of nitrogens with one attached hydrogen (secondary N) is 1. The second kappa shape index (κ2) is 7.76. The number of amides is 1. The van der Waals surface area contributed by atoms with Crippen LogP contribution in [-0.4, -0.2) is 32.8 Å². The normalized spacial score (nSPS) is 13.7. The second-order valence-corrected chi connectivity index (χ2v) is 4.36. The molecule has 0 saturated heterocycles. The lowest BCUT2D eigenvalue weighted by Crippen LogP contribution is -2.33. The second-order valence-electron chi connectivity index (χ2n) is 4.36. The molecule has 2 atom stereocenters. The molecule has 0 radical (unpaired) electrons. The maximum Gasteiger partial charge on any atom is 0.223 e. The summed E-state index contributed by atoms with van der Waals surface area (Å²) in [5.74, 6) is 0.727. The van der Waals surface area contributed by atoms with E-state index in [0.717, 1.165) is 11.3 Å². The minimum atomic E-state index is -0.233. The fourth-order valence-corrected chi connectivity index (χ4v) is 1.75. The molecule has 0 bridgehead atoms. The Balaban J connectivity index is 2.53. The van der Waals surface area contributed by atoms with Gasteiger partial charge in [-0.05, 0) is 24.6 Å². The maximum atomic E-state index is 11.8. The molecule has 0 spiro atoms. The monoisotopic (exact) mass is 266 g/mol. The summed E-state index contributed by atoms with van der Waals surface area (Å²) in [4.78, 5) is 11.8. The molecule has 3 N–H and O–H groups in total. The van der Waals surface area contributed by atoms with Crippen molar-refractivity contribution in [3.63, 3.8) is 0 Å². The zero-order chi connectivity index (χ0) is 14.3. The number of hydrogen-bond donors (Lipinski definition) is 2. The molecular weight excluding hydrogens is 244 g/mol. The molecule has 1 unspecified atom stereocenters. The van der Waals surface area contributed by atoms with E-state index in [-0.39, 0.29) is 24.5 Å². The lowest BCUT2D eigenvalue weighted by Gasteiger charge is -2.17. The molecule has 1 rings (SSSR count). The third-order valence-electron chi connectivity index (χ3n) is 3.00. The van der Waals surface area contributed by atoms with Crippen LogP contribution in [0.3, 0.4) is 0 Å². The van der Waals surface area contributed by atoms with E-state index in [9.17, 15) is 4.79 Å². The Bertz CT molecular complexity index is 388. The van der Waals surface area contributed by atoms with E-state index in [4.69, 9.17) is 15.2 Å². The predicted octanol–water partition coefficient (Wildman–Crippen LogP) is 1.24. The van der Waals surface area contributed by atoms with Crippen molar-refractivity contribution in [1.82, 2.24) is 5.32 Å². The van der Waals surface area contributed by atoms with Crippen LogP contribution in [0.15, 0.2) is 24.3 Å². The van der Waals surface area contributed by atoms with Crippen molar-refractivity contribution >= 4 is 5.91 Å². The summed E-state index contributed by atoms with van der Waals surface area (Å²) in [6.45, 7) is 2.27. The predicted molar refractivity (Wildman–Crippen MR) is 74.0 cm³/mol. The van der Waals surface area contributed by atoms with Gasteiger partial charge in [-0.1, -0.05) is 12.1 Å².